The Bertz CT molecular complexity index is 340. The van der Waals surface area contributed by atoms with E-state index in [1.807, 2.05) is 32.0 Å². The van der Waals surface area contributed by atoms with Crippen LogP contribution in [0.1, 0.15) is 19.5 Å². The Kier molecular flexibility index (Phi) is 4.54. The van der Waals surface area contributed by atoms with Crippen LogP contribution in [0, 0.1) is 0 Å². The van der Waals surface area contributed by atoms with Crippen molar-refractivity contribution in [3.63, 3.8) is 0 Å². The van der Waals surface area contributed by atoms with Crippen LogP contribution in [-0.4, -0.2) is 17.4 Å². The third-order valence-corrected chi connectivity index (χ3v) is 1.83. The van der Waals surface area contributed by atoms with E-state index in [0.717, 1.165) is 17.7 Å². The number of nitrogens with one attached hydrogen (secondary N) is 1. The summed E-state index contributed by atoms with van der Waals surface area (Å²) in [7, 11) is 0. The predicted octanol–water partition coefficient (Wildman–Crippen LogP) is 1.71. The Morgan fingerprint density at radius 2 is 2.27 bits per heavy atom. The fourth-order valence-electron chi connectivity index (χ4n) is 1.17. The quantitative estimate of drug-likeness (QED) is 0.758. The molecule has 1 amide bonds. The lowest BCUT2D eigenvalue weighted by Gasteiger charge is -2.01. The van der Waals surface area contributed by atoms with Gasteiger partial charge in [0, 0.05) is 30.9 Å². The Morgan fingerprint density at radius 1 is 1.47 bits per heavy atom. The number of nitrogens with zero attached hydrogens (tertiary/aromatic N) is 1. The van der Waals surface area contributed by atoms with Crippen LogP contribution in [0.15, 0.2) is 36.0 Å². The molecule has 1 aromatic rings. The second kappa shape index (κ2) is 5.96. The van der Waals surface area contributed by atoms with E-state index in [9.17, 15) is 4.79 Å². The lowest BCUT2D eigenvalue weighted by Crippen LogP contribution is -2.24. The van der Waals surface area contributed by atoms with Crippen molar-refractivity contribution in [1.29, 1.82) is 0 Å². The van der Waals surface area contributed by atoms with Crippen molar-refractivity contribution >= 4 is 5.91 Å². The van der Waals surface area contributed by atoms with E-state index in [2.05, 4.69) is 10.3 Å². The predicted molar refractivity (Wildman–Crippen MR) is 60.4 cm³/mol. The first-order chi connectivity index (χ1) is 7.18. The Morgan fingerprint density at radius 3 is 2.87 bits per heavy atom. The minimum absolute atomic E-state index is 0.0362. The molecule has 1 aromatic heterocycles. The van der Waals surface area contributed by atoms with Crippen LogP contribution in [0.4, 0.5) is 0 Å². The molecule has 80 valence electrons. The van der Waals surface area contributed by atoms with Gasteiger partial charge in [-0.25, -0.2) is 0 Å². The standard InChI is InChI=1S/C12H16N2O/c1-10(2)9-12(15)14-8-6-11-5-3-4-7-13-11/h3-5,7,9H,6,8H2,1-2H3,(H,14,15). The smallest absolute Gasteiger partial charge is 0.243 e. The first-order valence-electron chi connectivity index (χ1n) is 5.01. The number of rotatable bonds is 4. The maximum atomic E-state index is 11.2. The number of pyridine rings is 1. The van der Waals surface area contributed by atoms with Crippen molar-refractivity contribution < 1.29 is 4.79 Å². The fourth-order valence-corrected chi connectivity index (χ4v) is 1.17. The molecule has 0 fully saturated rings. The molecule has 1 rings (SSSR count). The highest BCUT2D eigenvalue weighted by Crippen LogP contribution is 1.93. The van der Waals surface area contributed by atoms with E-state index >= 15 is 0 Å². The van der Waals surface area contributed by atoms with Crippen molar-refractivity contribution in [2.24, 2.45) is 0 Å². The first kappa shape index (κ1) is 11.4. The molecule has 0 bridgehead atoms. The number of aromatic nitrogens is 1. The molecule has 1 heterocycles. The fraction of sp³-hybridized carbons (Fsp3) is 0.333. The highest BCUT2D eigenvalue weighted by Gasteiger charge is 1.96. The molecule has 0 saturated carbocycles. The number of allylic oxidation sites excluding steroid dienone is 1. The van der Waals surface area contributed by atoms with Gasteiger partial charge in [0.05, 0.1) is 0 Å². The number of carbonyl (C=O) groups excluding carboxylic acids is 1. The summed E-state index contributed by atoms with van der Waals surface area (Å²) in [5.74, 6) is -0.0362. The summed E-state index contributed by atoms with van der Waals surface area (Å²) in [4.78, 5) is 15.4. The Balaban J connectivity index is 2.28. The highest BCUT2D eigenvalue weighted by atomic mass is 16.1. The molecule has 0 saturated heterocycles. The van der Waals surface area contributed by atoms with Gasteiger partial charge in [-0.1, -0.05) is 11.6 Å². The van der Waals surface area contributed by atoms with Crippen molar-refractivity contribution in [1.82, 2.24) is 10.3 Å². The molecular formula is C12H16N2O. The van der Waals surface area contributed by atoms with Gasteiger partial charge in [-0.15, -0.1) is 0 Å². The second-order valence-corrected chi connectivity index (χ2v) is 3.58. The van der Waals surface area contributed by atoms with Crippen molar-refractivity contribution in [2.75, 3.05) is 6.54 Å². The average molecular weight is 204 g/mol. The molecule has 0 aliphatic heterocycles. The maximum Gasteiger partial charge on any atom is 0.243 e. The van der Waals surface area contributed by atoms with Gasteiger partial charge in [0.2, 0.25) is 5.91 Å². The SMILES string of the molecule is CC(C)=CC(=O)NCCc1ccccn1. The molecule has 1 N–H and O–H groups in total. The van der Waals surface area contributed by atoms with Crippen LogP contribution >= 0.6 is 0 Å². The second-order valence-electron chi connectivity index (χ2n) is 3.58. The van der Waals surface area contributed by atoms with Crippen molar-refractivity contribution in [2.45, 2.75) is 20.3 Å². The molecule has 3 nitrogen and oxygen atoms in total. The zero-order chi connectivity index (χ0) is 11.1. The van der Waals surface area contributed by atoms with Gasteiger partial charge in [0.15, 0.2) is 0 Å². The molecule has 3 heteroatoms. The lowest BCUT2D eigenvalue weighted by molar-refractivity contribution is -0.116. The van der Waals surface area contributed by atoms with Gasteiger partial charge >= 0.3 is 0 Å². The summed E-state index contributed by atoms with van der Waals surface area (Å²) in [5, 5.41) is 2.81. The highest BCUT2D eigenvalue weighted by molar-refractivity contribution is 5.87. The summed E-state index contributed by atoms with van der Waals surface area (Å²) >= 11 is 0. The van der Waals surface area contributed by atoms with Gasteiger partial charge in [0.25, 0.3) is 0 Å². The van der Waals surface area contributed by atoms with E-state index in [0.29, 0.717) is 6.54 Å². The maximum absolute atomic E-state index is 11.2. The van der Waals surface area contributed by atoms with E-state index in [-0.39, 0.29) is 5.91 Å². The van der Waals surface area contributed by atoms with Crippen LogP contribution in [-0.2, 0) is 11.2 Å². The third-order valence-electron chi connectivity index (χ3n) is 1.83. The number of hydrogen-bond donors (Lipinski definition) is 1. The van der Waals surface area contributed by atoms with Crippen LogP contribution in [0.25, 0.3) is 0 Å². The zero-order valence-corrected chi connectivity index (χ0v) is 9.16. The van der Waals surface area contributed by atoms with Gasteiger partial charge in [-0.3, -0.25) is 9.78 Å². The molecule has 0 spiro atoms. The van der Waals surface area contributed by atoms with Crippen LogP contribution in [0.2, 0.25) is 0 Å². The molecule has 0 aliphatic carbocycles. The van der Waals surface area contributed by atoms with Crippen molar-refractivity contribution in [3.8, 4) is 0 Å². The molecule has 0 aliphatic rings. The van der Waals surface area contributed by atoms with Gasteiger partial charge in [-0.05, 0) is 26.0 Å². The lowest BCUT2D eigenvalue weighted by atomic mass is 10.2. The molecule has 0 unspecified atom stereocenters. The van der Waals surface area contributed by atoms with Gasteiger partial charge < -0.3 is 5.32 Å². The minimum Gasteiger partial charge on any atom is -0.352 e. The number of hydrogen-bond acceptors (Lipinski definition) is 2. The van der Waals surface area contributed by atoms with Gasteiger partial charge in [-0.2, -0.15) is 0 Å². The molecule has 0 aromatic carbocycles. The number of amides is 1. The van der Waals surface area contributed by atoms with E-state index in [1.165, 1.54) is 0 Å². The van der Waals surface area contributed by atoms with E-state index < -0.39 is 0 Å². The van der Waals surface area contributed by atoms with Crippen LogP contribution in [0.5, 0.6) is 0 Å². The zero-order valence-electron chi connectivity index (χ0n) is 9.16. The Hall–Kier alpha value is -1.64. The number of carbonyl (C=O) groups is 1. The summed E-state index contributed by atoms with van der Waals surface area (Å²) < 4.78 is 0. The third kappa shape index (κ3) is 4.96. The minimum atomic E-state index is -0.0362. The summed E-state index contributed by atoms with van der Waals surface area (Å²) in [6.45, 7) is 4.43. The summed E-state index contributed by atoms with van der Waals surface area (Å²) in [6, 6.07) is 5.78. The first-order valence-corrected chi connectivity index (χ1v) is 5.01. The summed E-state index contributed by atoms with van der Waals surface area (Å²) in [5.41, 5.74) is 2.00. The molecular weight excluding hydrogens is 188 g/mol. The monoisotopic (exact) mass is 204 g/mol. The van der Waals surface area contributed by atoms with Crippen LogP contribution in [0.3, 0.4) is 0 Å². The van der Waals surface area contributed by atoms with E-state index in [4.69, 9.17) is 0 Å². The average Bonchev–Trinajstić information content (AvgIpc) is 2.18. The topological polar surface area (TPSA) is 42.0 Å². The molecule has 15 heavy (non-hydrogen) atoms. The summed E-state index contributed by atoms with van der Waals surface area (Å²) in [6.07, 6.45) is 4.12. The Labute approximate surface area is 90.2 Å². The molecule has 0 atom stereocenters. The van der Waals surface area contributed by atoms with Gasteiger partial charge in [0.1, 0.15) is 0 Å². The largest absolute Gasteiger partial charge is 0.352 e. The van der Waals surface area contributed by atoms with Crippen molar-refractivity contribution in [3.05, 3.63) is 41.7 Å². The van der Waals surface area contributed by atoms with E-state index in [1.54, 1.807) is 12.3 Å². The van der Waals surface area contributed by atoms with Crippen LogP contribution < -0.4 is 5.32 Å². The molecule has 0 radical (unpaired) electrons. The normalized spacial score (nSPS) is 9.47.